The van der Waals surface area contributed by atoms with Crippen LogP contribution in [0.15, 0.2) is 48.5 Å². The quantitative estimate of drug-likeness (QED) is 0.376. The average Bonchev–Trinajstić information content (AvgIpc) is 3.24. The summed E-state index contributed by atoms with van der Waals surface area (Å²) in [5, 5.41) is 24.2. The molecule has 2 heterocycles. The van der Waals surface area contributed by atoms with E-state index in [4.69, 9.17) is 5.11 Å². The number of likely N-dealkylation sites (tertiary alicyclic amines) is 1. The number of alkyl halides is 3. The van der Waals surface area contributed by atoms with E-state index in [1.54, 1.807) is 28.8 Å². The van der Waals surface area contributed by atoms with Gasteiger partial charge in [0.25, 0.3) is 5.91 Å². The second kappa shape index (κ2) is 11.6. The number of piperidine rings is 1. The highest BCUT2D eigenvalue weighted by atomic mass is 19.4. The molecule has 0 bridgehead atoms. The number of carbonyl (C=O) groups is 2. The molecule has 8 nitrogen and oxygen atoms in total. The number of nitrogens with zero attached hydrogens (tertiary/aromatic N) is 3. The van der Waals surface area contributed by atoms with Crippen molar-refractivity contribution in [2.45, 2.75) is 38.0 Å². The number of aromatic nitrogens is 1. The fourth-order valence-corrected chi connectivity index (χ4v) is 4.72. The summed E-state index contributed by atoms with van der Waals surface area (Å²) in [7, 11) is 0. The molecule has 0 unspecified atom stereocenters. The van der Waals surface area contributed by atoms with Crippen LogP contribution >= 0.6 is 0 Å². The van der Waals surface area contributed by atoms with Gasteiger partial charge >= 0.3 is 12.3 Å². The maximum Gasteiger partial charge on any atom is 0.416 e. The molecule has 1 saturated heterocycles. The maximum atomic E-state index is 13.4. The normalized spacial score (nSPS) is 14.8. The summed E-state index contributed by atoms with van der Waals surface area (Å²) in [5.74, 6) is -0.282. The maximum absolute atomic E-state index is 13.4. The summed E-state index contributed by atoms with van der Waals surface area (Å²) in [5.41, 5.74) is 1.30. The smallest absolute Gasteiger partial charge is 0.416 e. The molecule has 1 aliphatic rings. The lowest BCUT2D eigenvalue weighted by molar-refractivity contribution is -0.137. The van der Waals surface area contributed by atoms with E-state index in [1.807, 2.05) is 0 Å². The molecule has 11 heteroatoms. The van der Waals surface area contributed by atoms with Gasteiger partial charge in [-0.3, -0.25) is 4.79 Å². The zero-order valence-electron chi connectivity index (χ0n) is 20.6. The first kappa shape index (κ1) is 27.0. The van der Waals surface area contributed by atoms with E-state index in [9.17, 15) is 28.0 Å². The average molecular weight is 528 g/mol. The number of carbonyl (C=O) groups excluding carboxylic acids is 1. The molecule has 2 aromatic carbocycles. The Kier molecular flexibility index (Phi) is 8.22. The van der Waals surface area contributed by atoms with E-state index < -0.39 is 17.8 Å². The van der Waals surface area contributed by atoms with Crippen molar-refractivity contribution in [1.82, 2.24) is 20.1 Å². The van der Waals surface area contributed by atoms with Crippen LogP contribution in [0.1, 0.15) is 46.4 Å². The zero-order valence-corrected chi connectivity index (χ0v) is 20.6. The molecule has 1 aromatic heterocycles. The van der Waals surface area contributed by atoms with E-state index in [1.165, 1.54) is 12.1 Å². The lowest BCUT2D eigenvalue weighted by Crippen LogP contribution is -2.45. The highest BCUT2D eigenvalue weighted by molar-refractivity contribution is 5.99. The molecule has 3 aromatic rings. The first-order valence-corrected chi connectivity index (χ1v) is 12.3. The van der Waals surface area contributed by atoms with E-state index in [2.05, 4.69) is 21.6 Å². The molecule has 0 atom stereocenters. The monoisotopic (exact) mass is 527 g/mol. The third kappa shape index (κ3) is 6.63. The molecule has 0 spiro atoms. The van der Waals surface area contributed by atoms with Crippen LogP contribution in [0, 0.1) is 11.3 Å². The van der Waals surface area contributed by atoms with Crippen LogP contribution in [-0.4, -0.2) is 58.8 Å². The summed E-state index contributed by atoms with van der Waals surface area (Å²) in [4.78, 5) is 26.2. The number of hydrogen-bond donors (Lipinski definition) is 3. The topological polar surface area (TPSA) is 110 Å². The van der Waals surface area contributed by atoms with Crippen molar-refractivity contribution in [3.05, 3.63) is 70.9 Å². The van der Waals surface area contributed by atoms with Gasteiger partial charge in [-0.25, -0.2) is 4.79 Å². The molecule has 0 saturated carbocycles. The predicted molar refractivity (Wildman–Crippen MR) is 135 cm³/mol. The van der Waals surface area contributed by atoms with Crippen molar-refractivity contribution in [3.63, 3.8) is 0 Å². The number of halogens is 3. The van der Waals surface area contributed by atoms with Crippen LogP contribution in [0.3, 0.4) is 0 Å². The molecule has 1 aliphatic heterocycles. The lowest BCUT2D eigenvalue weighted by Gasteiger charge is -2.32. The van der Waals surface area contributed by atoms with E-state index >= 15 is 0 Å². The van der Waals surface area contributed by atoms with Gasteiger partial charge in [0.2, 0.25) is 0 Å². The Morgan fingerprint density at radius 2 is 1.79 bits per heavy atom. The van der Waals surface area contributed by atoms with Gasteiger partial charge in [0, 0.05) is 37.6 Å². The third-order valence-electron chi connectivity index (χ3n) is 6.74. The minimum Gasteiger partial charge on any atom is -0.465 e. The Morgan fingerprint density at radius 1 is 1.08 bits per heavy atom. The summed E-state index contributed by atoms with van der Waals surface area (Å²) in [6.45, 7) is 2.88. The summed E-state index contributed by atoms with van der Waals surface area (Å²) in [6.07, 6.45) is -3.27. The molecular weight excluding hydrogens is 499 g/mol. The first-order chi connectivity index (χ1) is 18.1. The first-order valence-electron chi connectivity index (χ1n) is 12.3. The lowest BCUT2D eigenvalue weighted by atomic mass is 10.0. The van der Waals surface area contributed by atoms with Crippen LogP contribution in [0.25, 0.3) is 10.9 Å². The SMILES string of the molecule is N#Cc1ccc2cc(C(=O)NC3CCN(CCCNC(=O)O)CC3)n(Cc3ccc(C(F)(F)F)cc3)c2c1. The number of hydrogen-bond acceptors (Lipinski definition) is 4. The van der Waals surface area contributed by atoms with Crippen molar-refractivity contribution in [1.29, 1.82) is 5.26 Å². The summed E-state index contributed by atoms with van der Waals surface area (Å²) < 4.78 is 40.7. The van der Waals surface area contributed by atoms with Gasteiger partial charge in [-0.15, -0.1) is 0 Å². The molecular formula is C27H28F3N5O3. The molecule has 0 aliphatic carbocycles. The molecule has 200 valence electrons. The second-order valence-corrected chi connectivity index (χ2v) is 9.37. The van der Waals surface area contributed by atoms with Crippen LogP contribution < -0.4 is 10.6 Å². The number of nitrogens with one attached hydrogen (secondary N) is 2. The van der Waals surface area contributed by atoms with Crippen molar-refractivity contribution in [3.8, 4) is 6.07 Å². The molecule has 2 amide bonds. The Balaban J connectivity index is 1.47. The molecule has 1 fully saturated rings. The largest absolute Gasteiger partial charge is 0.465 e. The van der Waals surface area contributed by atoms with Crippen LogP contribution in [0.4, 0.5) is 18.0 Å². The van der Waals surface area contributed by atoms with Gasteiger partial charge in [-0.2, -0.15) is 18.4 Å². The highest BCUT2D eigenvalue weighted by Crippen LogP contribution is 2.30. The standard InChI is InChI=1S/C27H28F3N5O3/c28-27(29,30)21-6-3-18(4-7-21)17-35-23-14-19(16-31)2-5-20(23)15-24(35)25(36)33-22-8-12-34(13-9-22)11-1-10-32-26(37)38/h2-7,14-15,22,32H,1,8-13,17H2,(H,33,36)(H,37,38). The number of rotatable bonds is 8. The summed E-state index contributed by atoms with van der Waals surface area (Å²) in [6, 6.07) is 13.7. The highest BCUT2D eigenvalue weighted by Gasteiger charge is 2.30. The second-order valence-electron chi connectivity index (χ2n) is 9.37. The molecule has 3 N–H and O–H groups in total. The van der Waals surface area contributed by atoms with Gasteiger partial charge in [-0.1, -0.05) is 18.2 Å². The predicted octanol–water partition coefficient (Wildman–Crippen LogP) is 4.43. The van der Waals surface area contributed by atoms with Crippen molar-refractivity contribution < 1.29 is 27.9 Å². The number of amides is 2. The van der Waals surface area contributed by atoms with Gasteiger partial charge in [0.05, 0.1) is 22.7 Å². The number of carboxylic acid groups (broad SMARTS) is 1. The Labute approximate surface area is 217 Å². The molecule has 38 heavy (non-hydrogen) atoms. The van der Waals surface area contributed by atoms with Gasteiger partial charge < -0.3 is 25.2 Å². The number of fused-ring (bicyclic) bond motifs is 1. The fourth-order valence-electron chi connectivity index (χ4n) is 4.72. The number of benzene rings is 2. The molecule has 4 rings (SSSR count). The minimum atomic E-state index is -4.43. The van der Waals surface area contributed by atoms with Gasteiger partial charge in [-0.05, 0) is 61.7 Å². The van der Waals surface area contributed by atoms with Crippen molar-refractivity contribution in [2.75, 3.05) is 26.2 Å². The Morgan fingerprint density at radius 3 is 2.42 bits per heavy atom. The molecule has 0 radical (unpaired) electrons. The minimum absolute atomic E-state index is 0.0388. The fraction of sp³-hybridized carbons (Fsp3) is 0.370. The van der Waals surface area contributed by atoms with Crippen molar-refractivity contribution in [2.24, 2.45) is 0 Å². The number of nitriles is 1. The van der Waals surface area contributed by atoms with Crippen LogP contribution in [-0.2, 0) is 12.7 Å². The Bertz CT molecular complexity index is 1340. The van der Waals surface area contributed by atoms with Gasteiger partial charge in [0.15, 0.2) is 0 Å². The zero-order chi connectivity index (χ0) is 27.3. The Hall–Kier alpha value is -4.04. The van der Waals surface area contributed by atoms with E-state index in [0.717, 1.165) is 50.0 Å². The third-order valence-corrected chi connectivity index (χ3v) is 6.74. The van der Waals surface area contributed by atoms with Gasteiger partial charge in [0.1, 0.15) is 5.69 Å². The van der Waals surface area contributed by atoms with Crippen LogP contribution in [0.2, 0.25) is 0 Å². The van der Waals surface area contributed by atoms with Crippen LogP contribution in [0.5, 0.6) is 0 Å². The van der Waals surface area contributed by atoms with Crippen molar-refractivity contribution >= 4 is 22.9 Å². The van der Waals surface area contributed by atoms with E-state index in [-0.39, 0.29) is 18.5 Å². The summed E-state index contributed by atoms with van der Waals surface area (Å²) >= 11 is 0. The van der Waals surface area contributed by atoms with E-state index in [0.29, 0.717) is 35.3 Å².